The van der Waals surface area contributed by atoms with Gasteiger partial charge in [-0.05, 0) is 34.2 Å². The Hall–Kier alpha value is -2.06. The fraction of sp³-hybridized carbons (Fsp3) is 0.263. The Kier molecular flexibility index (Phi) is 3.34. The first-order chi connectivity index (χ1) is 9.97. The molecule has 0 saturated carbocycles. The van der Waals surface area contributed by atoms with Gasteiger partial charge in [-0.3, -0.25) is 0 Å². The molecule has 0 aliphatic carbocycles. The molecular formula is C19H21NO. The molecule has 3 aromatic rings. The normalized spacial score (nSPS) is 13.5. The number of aromatic amines is 1. The quantitative estimate of drug-likeness (QED) is 0.709. The summed E-state index contributed by atoms with van der Waals surface area (Å²) in [4.78, 5) is 3.18. The zero-order valence-corrected chi connectivity index (χ0v) is 12.7. The van der Waals surface area contributed by atoms with Crippen molar-refractivity contribution in [2.45, 2.75) is 32.3 Å². The van der Waals surface area contributed by atoms with Gasteiger partial charge in [-0.1, -0.05) is 57.2 Å². The van der Waals surface area contributed by atoms with E-state index in [1.807, 2.05) is 42.6 Å². The van der Waals surface area contributed by atoms with Gasteiger partial charge in [0.25, 0.3) is 0 Å². The molecule has 1 aromatic heterocycles. The van der Waals surface area contributed by atoms with Crippen molar-refractivity contribution in [1.29, 1.82) is 0 Å². The van der Waals surface area contributed by atoms with Crippen LogP contribution in [-0.2, 0) is 5.41 Å². The summed E-state index contributed by atoms with van der Waals surface area (Å²) >= 11 is 0. The van der Waals surface area contributed by atoms with Gasteiger partial charge in [0.15, 0.2) is 0 Å². The van der Waals surface area contributed by atoms with Crippen molar-refractivity contribution >= 4 is 10.9 Å². The predicted molar refractivity (Wildman–Crippen MR) is 87.5 cm³/mol. The van der Waals surface area contributed by atoms with Crippen molar-refractivity contribution < 1.29 is 5.11 Å². The van der Waals surface area contributed by atoms with E-state index in [4.69, 9.17) is 0 Å². The average molecular weight is 279 g/mol. The van der Waals surface area contributed by atoms with Crippen LogP contribution in [0.3, 0.4) is 0 Å². The molecule has 0 aliphatic rings. The molecule has 2 N–H and O–H groups in total. The molecule has 0 bridgehead atoms. The minimum atomic E-state index is -0.599. The van der Waals surface area contributed by atoms with E-state index in [-0.39, 0.29) is 5.41 Å². The lowest BCUT2D eigenvalue weighted by Gasteiger charge is -2.20. The van der Waals surface area contributed by atoms with E-state index in [2.05, 4.69) is 37.9 Å². The molecular weight excluding hydrogens is 258 g/mol. The van der Waals surface area contributed by atoms with E-state index in [9.17, 15) is 5.11 Å². The number of hydrogen-bond donors (Lipinski definition) is 2. The van der Waals surface area contributed by atoms with Gasteiger partial charge in [0.2, 0.25) is 0 Å². The maximum absolute atomic E-state index is 10.7. The number of benzene rings is 2. The van der Waals surface area contributed by atoms with Crippen LogP contribution in [0.4, 0.5) is 0 Å². The Labute approximate surface area is 125 Å². The highest BCUT2D eigenvalue weighted by Crippen LogP contribution is 2.30. The fourth-order valence-electron chi connectivity index (χ4n) is 2.69. The predicted octanol–water partition coefficient (Wildman–Crippen LogP) is 4.55. The monoisotopic (exact) mass is 279 g/mol. The summed E-state index contributed by atoms with van der Waals surface area (Å²) in [6.45, 7) is 6.58. The van der Waals surface area contributed by atoms with Crippen LogP contribution in [0.1, 0.15) is 43.6 Å². The van der Waals surface area contributed by atoms with Crippen molar-refractivity contribution in [3.8, 4) is 0 Å². The Balaban J connectivity index is 1.98. The first-order valence-corrected chi connectivity index (χ1v) is 7.31. The van der Waals surface area contributed by atoms with Crippen LogP contribution >= 0.6 is 0 Å². The highest BCUT2D eigenvalue weighted by molar-refractivity contribution is 5.83. The molecule has 2 aromatic carbocycles. The topological polar surface area (TPSA) is 36.0 Å². The summed E-state index contributed by atoms with van der Waals surface area (Å²) in [5.74, 6) is 0. The molecule has 108 valence electrons. The molecule has 0 saturated heterocycles. The minimum absolute atomic E-state index is 0.129. The summed E-state index contributed by atoms with van der Waals surface area (Å²) in [6, 6.07) is 16.3. The van der Waals surface area contributed by atoms with Gasteiger partial charge < -0.3 is 10.1 Å². The van der Waals surface area contributed by atoms with Crippen LogP contribution in [0.25, 0.3) is 10.9 Å². The largest absolute Gasteiger partial charge is 0.384 e. The summed E-state index contributed by atoms with van der Waals surface area (Å²) in [5, 5.41) is 11.8. The molecule has 0 radical (unpaired) electrons. The maximum Gasteiger partial charge on any atom is 0.105 e. The Morgan fingerprint density at radius 3 is 2.33 bits per heavy atom. The first-order valence-electron chi connectivity index (χ1n) is 7.31. The fourth-order valence-corrected chi connectivity index (χ4v) is 2.69. The number of rotatable bonds is 2. The molecule has 3 rings (SSSR count). The number of nitrogens with one attached hydrogen (secondary N) is 1. The second-order valence-electron chi connectivity index (χ2n) is 6.56. The van der Waals surface area contributed by atoms with Gasteiger partial charge in [0.05, 0.1) is 0 Å². The molecule has 2 heteroatoms. The van der Waals surface area contributed by atoms with E-state index in [0.717, 1.165) is 22.0 Å². The second-order valence-corrected chi connectivity index (χ2v) is 6.56. The van der Waals surface area contributed by atoms with E-state index >= 15 is 0 Å². The SMILES string of the molecule is CC(C)(C)c1ccc(C(O)c2cccc3[nH]ccc23)cc1. The zero-order chi connectivity index (χ0) is 15.0. The Bertz CT molecular complexity index is 747. The van der Waals surface area contributed by atoms with Crippen LogP contribution in [-0.4, -0.2) is 10.1 Å². The van der Waals surface area contributed by atoms with Gasteiger partial charge in [0.1, 0.15) is 6.10 Å². The summed E-state index contributed by atoms with van der Waals surface area (Å²) in [6.07, 6.45) is 1.31. The number of fused-ring (bicyclic) bond motifs is 1. The van der Waals surface area contributed by atoms with Crippen molar-refractivity contribution in [1.82, 2.24) is 4.98 Å². The average Bonchev–Trinajstić information content (AvgIpc) is 2.94. The van der Waals surface area contributed by atoms with Gasteiger partial charge in [-0.25, -0.2) is 0 Å². The third-order valence-electron chi connectivity index (χ3n) is 4.02. The van der Waals surface area contributed by atoms with Crippen LogP contribution < -0.4 is 0 Å². The molecule has 0 aliphatic heterocycles. The lowest BCUT2D eigenvalue weighted by Crippen LogP contribution is -2.11. The van der Waals surface area contributed by atoms with E-state index < -0.39 is 6.10 Å². The Morgan fingerprint density at radius 1 is 0.952 bits per heavy atom. The van der Waals surface area contributed by atoms with Crippen LogP contribution in [0.15, 0.2) is 54.7 Å². The molecule has 21 heavy (non-hydrogen) atoms. The summed E-state index contributed by atoms with van der Waals surface area (Å²) in [7, 11) is 0. The molecule has 0 fully saturated rings. The Morgan fingerprint density at radius 2 is 1.67 bits per heavy atom. The summed E-state index contributed by atoms with van der Waals surface area (Å²) < 4.78 is 0. The first kappa shape index (κ1) is 13.9. The zero-order valence-electron chi connectivity index (χ0n) is 12.7. The van der Waals surface area contributed by atoms with Crippen LogP contribution in [0, 0.1) is 0 Å². The molecule has 1 heterocycles. The van der Waals surface area contributed by atoms with Crippen molar-refractivity contribution in [3.63, 3.8) is 0 Å². The summed E-state index contributed by atoms with van der Waals surface area (Å²) in [5.41, 5.74) is 4.33. The lowest BCUT2D eigenvalue weighted by molar-refractivity contribution is 0.222. The second kappa shape index (κ2) is 5.05. The standard InChI is InChI=1S/C19H21NO/c1-19(2,3)14-9-7-13(8-10-14)18(21)16-5-4-6-17-15(16)11-12-20-17/h4-12,18,20-21H,1-3H3. The third-order valence-corrected chi connectivity index (χ3v) is 4.02. The van der Waals surface area contributed by atoms with Gasteiger partial charge in [-0.2, -0.15) is 0 Å². The number of hydrogen-bond acceptors (Lipinski definition) is 1. The minimum Gasteiger partial charge on any atom is -0.384 e. The lowest BCUT2D eigenvalue weighted by atomic mass is 9.86. The highest BCUT2D eigenvalue weighted by Gasteiger charge is 2.16. The highest BCUT2D eigenvalue weighted by atomic mass is 16.3. The van der Waals surface area contributed by atoms with E-state index in [1.165, 1.54) is 5.56 Å². The smallest absolute Gasteiger partial charge is 0.105 e. The van der Waals surface area contributed by atoms with E-state index in [0.29, 0.717) is 0 Å². The number of H-pyrrole nitrogens is 1. The van der Waals surface area contributed by atoms with Crippen molar-refractivity contribution in [3.05, 3.63) is 71.4 Å². The van der Waals surface area contributed by atoms with E-state index in [1.54, 1.807) is 0 Å². The van der Waals surface area contributed by atoms with Gasteiger partial charge in [-0.15, -0.1) is 0 Å². The van der Waals surface area contributed by atoms with Crippen molar-refractivity contribution in [2.24, 2.45) is 0 Å². The van der Waals surface area contributed by atoms with Crippen LogP contribution in [0.2, 0.25) is 0 Å². The van der Waals surface area contributed by atoms with Crippen molar-refractivity contribution in [2.75, 3.05) is 0 Å². The molecule has 0 spiro atoms. The molecule has 2 nitrogen and oxygen atoms in total. The molecule has 0 amide bonds. The van der Waals surface area contributed by atoms with Crippen LogP contribution in [0.5, 0.6) is 0 Å². The maximum atomic E-state index is 10.7. The molecule has 1 unspecified atom stereocenters. The number of aliphatic hydroxyl groups excluding tert-OH is 1. The number of aromatic nitrogens is 1. The third kappa shape index (κ3) is 2.59. The molecule has 1 atom stereocenters. The number of aliphatic hydroxyl groups is 1. The van der Waals surface area contributed by atoms with Gasteiger partial charge >= 0.3 is 0 Å². The van der Waals surface area contributed by atoms with Gasteiger partial charge in [0, 0.05) is 17.1 Å².